The molecule has 1 atom stereocenters. The zero-order valence-electron chi connectivity index (χ0n) is 31.8. The van der Waals surface area contributed by atoms with Crippen LogP contribution in [0.2, 0.25) is 5.02 Å². The molecule has 2 aromatic carbocycles. The summed E-state index contributed by atoms with van der Waals surface area (Å²) in [4.78, 5) is 70.9. The van der Waals surface area contributed by atoms with E-state index in [1.165, 1.54) is 12.1 Å². The molecule has 5 amide bonds. The Kier molecular flexibility index (Phi) is 11.4. The lowest BCUT2D eigenvalue weighted by molar-refractivity contribution is -0.136. The van der Waals surface area contributed by atoms with E-state index in [0.717, 1.165) is 75.4 Å². The average Bonchev–Trinajstić information content (AvgIpc) is 3.49. The highest BCUT2D eigenvalue weighted by molar-refractivity contribution is 6.31. The van der Waals surface area contributed by atoms with Crippen LogP contribution in [-0.2, 0) is 16.1 Å². The van der Waals surface area contributed by atoms with Crippen LogP contribution in [0.1, 0.15) is 93.7 Å². The first-order valence-electron chi connectivity index (χ1n) is 19.8. The number of ether oxygens (including phenoxy) is 1. The first kappa shape index (κ1) is 39.3. The van der Waals surface area contributed by atoms with Gasteiger partial charge in [-0.3, -0.25) is 44.0 Å². The molecule has 8 rings (SSSR count). The van der Waals surface area contributed by atoms with Crippen LogP contribution in [-0.4, -0.2) is 118 Å². The number of carbonyl (C=O) groups is 5. The fourth-order valence-corrected chi connectivity index (χ4v) is 8.93. The summed E-state index contributed by atoms with van der Waals surface area (Å²) in [6.45, 7) is 4.92. The van der Waals surface area contributed by atoms with E-state index in [-0.39, 0.29) is 54.3 Å². The highest BCUT2D eigenvalue weighted by Crippen LogP contribution is 2.32. The summed E-state index contributed by atoms with van der Waals surface area (Å²) in [6.07, 6.45) is 4.97. The molecule has 0 spiro atoms. The standard InChI is InChI=1S/C41H43ClFN9O6/c42-31-21-29(5-1-24(31)22-44)58-28-6-3-26(4-7-28)45-38(54)32-9-11-34(48-47-32)51-15-13-27(14-16-51)50-19-17-49(18-20-50)23-25-2-8-30-36(37(25)43)41(57)52(40(30)56)33-10-12-35(53)46-39(33)55/h1-2,5,8-9,11,21,26-28,33H,3-4,6-7,10,12-20,23H2,(H,45,54)(H,46,53,55)/t26-,28-,33?. The van der Waals surface area contributed by atoms with Gasteiger partial charge in [0, 0.05) is 75.9 Å². The Morgan fingerprint density at radius 3 is 2.34 bits per heavy atom. The number of piperazine rings is 1. The summed E-state index contributed by atoms with van der Waals surface area (Å²) < 4.78 is 21.9. The lowest BCUT2D eigenvalue weighted by Crippen LogP contribution is -2.54. The summed E-state index contributed by atoms with van der Waals surface area (Å²) in [7, 11) is 0. The quantitative estimate of drug-likeness (QED) is 0.301. The third-order valence-electron chi connectivity index (χ3n) is 12.0. The van der Waals surface area contributed by atoms with Crippen LogP contribution in [0.4, 0.5) is 10.2 Å². The minimum atomic E-state index is -1.14. The molecule has 1 saturated carbocycles. The summed E-state index contributed by atoms with van der Waals surface area (Å²) >= 11 is 6.14. The lowest BCUT2D eigenvalue weighted by Gasteiger charge is -2.43. The van der Waals surface area contributed by atoms with Gasteiger partial charge in [0.05, 0.1) is 27.8 Å². The number of rotatable bonds is 9. The van der Waals surface area contributed by atoms with Crippen LogP contribution in [0, 0.1) is 17.1 Å². The number of fused-ring (bicyclic) bond motifs is 1. The average molecular weight is 812 g/mol. The first-order chi connectivity index (χ1) is 28.1. The predicted octanol–water partition coefficient (Wildman–Crippen LogP) is 3.45. The molecule has 0 radical (unpaired) electrons. The molecule has 0 bridgehead atoms. The summed E-state index contributed by atoms with van der Waals surface area (Å²) in [5.41, 5.74) is 0.621. The van der Waals surface area contributed by atoms with Crippen LogP contribution in [0.3, 0.4) is 0 Å². The van der Waals surface area contributed by atoms with Crippen molar-refractivity contribution in [3.05, 3.63) is 81.3 Å². The molecular weight excluding hydrogens is 769 g/mol. The van der Waals surface area contributed by atoms with Crippen LogP contribution in [0.15, 0.2) is 42.5 Å². The van der Waals surface area contributed by atoms with E-state index in [1.54, 1.807) is 24.3 Å². The predicted molar refractivity (Wildman–Crippen MR) is 207 cm³/mol. The summed E-state index contributed by atoms with van der Waals surface area (Å²) in [5, 5.41) is 23.3. The second kappa shape index (κ2) is 16.8. The maximum Gasteiger partial charge on any atom is 0.272 e. The molecule has 3 saturated heterocycles. The fourth-order valence-electron chi connectivity index (χ4n) is 8.72. The number of carbonyl (C=O) groups excluding carboxylic acids is 5. The maximum atomic E-state index is 15.8. The molecule has 4 aliphatic heterocycles. The second-order valence-electron chi connectivity index (χ2n) is 15.5. The SMILES string of the molecule is N#Cc1ccc(O[C@H]2CC[C@H](NC(=O)c3ccc(N4CCC(N5CCN(Cc6ccc7c(c6F)C(=O)N(C6CCC(=O)NC6=O)C7=O)CC5)CC4)nn3)CC2)cc1Cl. The van der Waals surface area contributed by atoms with Gasteiger partial charge < -0.3 is 15.0 Å². The Hall–Kier alpha value is -5.50. The molecule has 58 heavy (non-hydrogen) atoms. The normalized spacial score (nSPS) is 23.4. The Morgan fingerprint density at radius 1 is 0.914 bits per heavy atom. The van der Waals surface area contributed by atoms with Gasteiger partial charge in [-0.05, 0) is 75.3 Å². The minimum absolute atomic E-state index is 0.00473. The topological polar surface area (TPSA) is 181 Å². The minimum Gasteiger partial charge on any atom is -0.490 e. The number of anilines is 1. The molecule has 1 unspecified atom stereocenters. The van der Waals surface area contributed by atoms with Crippen molar-refractivity contribution in [2.45, 2.75) is 82.1 Å². The Morgan fingerprint density at radius 2 is 1.67 bits per heavy atom. The number of halogens is 2. The van der Waals surface area contributed by atoms with Crippen LogP contribution >= 0.6 is 11.6 Å². The highest BCUT2D eigenvalue weighted by Gasteiger charge is 2.46. The molecule has 1 aromatic heterocycles. The Balaban J connectivity index is 0.766. The van der Waals surface area contributed by atoms with Crippen LogP contribution in [0.5, 0.6) is 5.75 Å². The van der Waals surface area contributed by atoms with Gasteiger partial charge in [-0.1, -0.05) is 17.7 Å². The van der Waals surface area contributed by atoms with Gasteiger partial charge in [-0.25, -0.2) is 4.39 Å². The number of aromatic nitrogens is 2. The van der Waals surface area contributed by atoms with Crippen molar-refractivity contribution in [3.8, 4) is 11.8 Å². The number of nitriles is 1. The van der Waals surface area contributed by atoms with Crippen molar-refractivity contribution in [3.63, 3.8) is 0 Å². The molecule has 5 heterocycles. The van der Waals surface area contributed by atoms with E-state index in [1.807, 2.05) is 12.1 Å². The van der Waals surface area contributed by atoms with Crippen molar-refractivity contribution < 1.29 is 33.1 Å². The van der Waals surface area contributed by atoms with Crippen molar-refractivity contribution in [2.75, 3.05) is 44.2 Å². The molecule has 2 N–H and O–H groups in total. The summed E-state index contributed by atoms with van der Waals surface area (Å²) in [6, 6.07) is 12.9. The molecule has 5 aliphatic rings. The van der Waals surface area contributed by atoms with Crippen molar-refractivity contribution in [2.24, 2.45) is 0 Å². The molecular formula is C41H43ClFN9O6. The van der Waals surface area contributed by atoms with E-state index >= 15 is 4.39 Å². The summed E-state index contributed by atoms with van der Waals surface area (Å²) in [5.74, 6) is -2.40. The van der Waals surface area contributed by atoms with Gasteiger partial charge in [-0.15, -0.1) is 10.2 Å². The largest absolute Gasteiger partial charge is 0.490 e. The molecule has 17 heteroatoms. The number of imide groups is 2. The number of nitrogens with zero attached hydrogens (tertiary/aromatic N) is 7. The molecule has 302 valence electrons. The third kappa shape index (κ3) is 8.11. The highest BCUT2D eigenvalue weighted by atomic mass is 35.5. The monoisotopic (exact) mass is 811 g/mol. The van der Waals surface area contributed by atoms with Gasteiger partial charge >= 0.3 is 0 Å². The number of hydrogen-bond donors (Lipinski definition) is 2. The van der Waals surface area contributed by atoms with E-state index in [2.05, 4.69) is 35.5 Å². The van der Waals surface area contributed by atoms with Gasteiger partial charge in [0.25, 0.3) is 17.7 Å². The smallest absolute Gasteiger partial charge is 0.272 e. The number of nitrogens with one attached hydrogen (secondary N) is 2. The Bertz CT molecular complexity index is 2160. The molecule has 15 nitrogen and oxygen atoms in total. The number of benzene rings is 2. The number of hydrogen-bond acceptors (Lipinski definition) is 12. The Labute approximate surface area is 339 Å². The van der Waals surface area contributed by atoms with E-state index in [9.17, 15) is 24.0 Å². The van der Waals surface area contributed by atoms with E-state index < -0.39 is 35.5 Å². The zero-order valence-corrected chi connectivity index (χ0v) is 32.5. The van der Waals surface area contributed by atoms with Crippen LogP contribution in [0.25, 0.3) is 0 Å². The first-order valence-corrected chi connectivity index (χ1v) is 20.2. The fraction of sp³-hybridized carbons (Fsp3) is 0.463. The zero-order chi connectivity index (χ0) is 40.5. The maximum absolute atomic E-state index is 15.8. The molecule has 3 aromatic rings. The van der Waals surface area contributed by atoms with Gasteiger partial charge in [0.15, 0.2) is 11.5 Å². The number of piperidine rings is 2. The van der Waals surface area contributed by atoms with Crippen LogP contribution < -0.4 is 20.3 Å². The van der Waals surface area contributed by atoms with E-state index in [4.69, 9.17) is 21.6 Å². The van der Waals surface area contributed by atoms with Gasteiger partial charge in [-0.2, -0.15) is 5.26 Å². The van der Waals surface area contributed by atoms with Gasteiger partial charge in [0.1, 0.15) is 23.7 Å². The van der Waals surface area contributed by atoms with Crippen molar-refractivity contribution in [1.82, 2.24) is 35.5 Å². The molecule has 4 fully saturated rings. The van der Waals surface area contributed by atoms with Gasteiger partial charge in [0.2, 0.25) is 11.8 Å². The van der Waals surface area contributed by atoms with E-state index in [0.29, 0.717) is 41.0 Å². The van der Waals surface area contributed by atoms with Crippen molar-refractivity contribution in [1.29, 1.82) is 5.26 Å². The lowest BCUT2D eigenvalue weighted by atomic mass is 9.93. The second-order valence-corrected chi connectivity index (χ2v) is 15.9. The van der Waals surface area contributed by atoms with Crippen molar-refractivity contribution >= 4 is 47.0 Å². The third-order valence-corrected chi connectivity index (χ3v) is 12.3. The number of amides is 5. The molecule has 1 aliphatic carbocycles.